The van der Waals surface area contributed by atoms with Gasteiger partial charge < -0.3 is 4.74 Å². The molecule has 2 rings (SSSR count). The van der Waals surface area contributed by atoms with Crippen molar-refractivity contribution in [2.45, 2.75) is 6.10 Å². The highest BCUT2D eigenvalue weighted by Crippen LogP contribution is 2.44. The van der Waals surface area contributed by atoms with Crippen molar-refractivity contribution in [2.24, 2.45) is 0 Å². The van der Waals surface area contributed by atoms with E-state index in [0.29, 0.717) is 11.3 Å². The zero-order valence-electron chi connectivity index (χ0n) is 6.43. The standard InChI is InChI=1S/C8H4N2O3/c9-4-7-8-5(10(11)12)2-1-3-6(8)13-7/h1-3,7H. The minimum Gasteiger partial charge on any atom is -0.470 e. The third kappa shape index (κ3) is 0.924. The Balaban J connectivity index is 2.56. The van der Waals surface area contributed by atoms with E-state index in [1.54, 1.807) is 6.07 Å². The Morgan fingerprint density at radius 2 is 2.38 bits per heavy atom. The van der Waals surface area contributed by atoms with Crippen molar-refractivity contribution < 1.29 is 9.66 Å². The summed E-state index contributed by atoms with van der Waals surface area (Å²) < 4.78 is 4.96. The largest absolute Gasteiger partial charge is 0.470 e. The lowest BCUT2D eigenvalue weighted by Crippen LogP contribution is -2.18. The van der Waals surface area contributed by atoms with E-state index in [1.165, 1.54) is 12.1 Å². The number of nitrogens with zero attached hydrogens (tertiary/aromatic N) is 2. The molecule has 0 aliphatic carbocycles. The summed E-state index contributed by atoms with van der Waals surface area (Å²) in [6.45, 7) is 0. The van der Waals surface area contributed by atoms with Crippen LogP contribution in [0.1, 0.15) is 11.7 Å². The molecule has 0 spiro atoms. The quantitative estimate of drug-likeness (QED) is 0.480. The highest BCUT2D eigenvalue weighted by Gasteiger charge is 2.35. The van der Waals surface area contributed by atoms with E-state index in [-0.39, 0.29) is 5.69 Å². The molecule has 1 aliphatic rings. The molecule has 0 N–H and O–H groups in total. The molecule has 1 aromatic carbocycles. The first-order chi connectivity index (χ1) is 6.24. The number of benzene rings is 1. The molecule has 64 valence electrons. The van der Waals surface area contributed by atoms with E-state index in [0.717, 1.165) is 0 Å². The molecular weight excluding hydrogens is 172 g/mol. The summed E-state index contributed by atoms with van der Waals surface area (Å²) in [5.74, 6) is 0.431. The van der Waals surface area contributed by atoms with Gasteiger partial charge in [-0.15, -0.1) is 0 Å². The highest BCUT2D eigenvalue weighted by atomic mass is 16.6. The fourth-order valence-electron chi connectivity index (χ4n) is 1.28. The van der Waals surface area contributed by atoms with Gasteiger partial charge in [-0.25, -0.2) is 0 Å². The Bertz CT molecular complexity index is 422. The predicted molar refractivity (Wildman–Crippen MR) is 42.1 cm³/mol. The van der Waals surface area contributed by atoms with Gasteiger partial charge in [0.2, 0.25) is 6.10 Å². The maximum absolute atomic E-state index is 10.5. The van der Waals surface area contributed by atoms with Gasteiger partial charge >= 0.3 is 0 Å². The lowest BCUT2D eigenvalue weighted by Gasteiger charge is -2.24. The summed E-state index contributed by atoms with van der Waals surface area (Å²) in [6.07, 6.45) is -0.781. The smallest absolute Gasteiger partial charge is 0.281 e. The fourth-order valence-corrected chi connectivity index (χ4v) is 1.28. The SMILES string of the molecule is N#CC1Oc2cccc([N+](=O)[O-])c21. The molecule has 0 saturated carbocycles. The Morgan fingerprint density at radius 3 is 3.00 bits per heavy atom. The van der Waals surface area contributed by atoms with E-state index in [2.05, 4.69) is 0 Å². The molecule has 13 heavy (non-hydrogen) atoms. The lowest BCUT2D eigenvalue weighted by atomic mass is 10.0. The molecule has 1 unspecified atom stereocenters. The van der Waals surface area contributed by atoms with Gasteiger partial charge in [0.05, 0.1) is 4.92 Å². The predicted octanol–water partition coefficient (Wildman–Crippen LogP) is 1.55. The minimum absolute atomic E-state index is 0.0460. The number of nitro groups is 1. The maximum atomic E-state index is 10.5. The molecule has 5 heteroatoms. The second kappa shape index (κ2) is 2.45. The molecule has 0 fully saturated rings. The van der Waals surface area contributed by atoms with E-state index >= 15 is 0 Å². The third-order valence-electron chi connectivity index (χ3n) is 1.86. The number of fused-ring (bicyclic) bond motifs is 1. The Hall–Kier alpha value is -2.09. The molecule has 1 atom stereocenters. The van der Waals surface area contributed by atoms with Crippen molar-refractivity contribution in [3.63, 3.8) is 0 Å². The summed E-state index contributed by atoms with van der Waals surface area (Å²) in [7, 11) is 0. The van der Waals surface area contributed by atoms with Gasteiger partial charge in [-0.2, -0.15) is 5.26 Å². The third-order valence-corrected chi connectivity index (χ3v) is 1.86. The number of hydrogen-bond acceptors (Lipinski definition) is 4. The van der Waals surface area contributed by atoms with Gasteiger partial charge in [0.1, 0.15) is 17.4 Å². The molecule has 1 heterocycles. The van der Waals surface area contributed by atoms with Gasteiger partial charge in [0.15, 0.2) is 0 Å². The summed E-state index contributed by atoms with van der Waals surface area (Å²) in [4.78, 5) is 10.0. The molecule has 0 aromatic heterocycles. The monoisotopic (exact) mass is 176 g/mol. The molecule has 0 amide bonds. The van der Waals surface area contributed by atoms with Crippen LogP contribution in [0.15, 0.2) is 18.2 Å². The summed E-state index contributed by atoms with van der Waals surface area (Å²) in [6, 6.07) is 6.33. The lowest BCUT2D eigenvalue weighted by molar-refractivity contribution is -0.386. The van der Waals surface area contributed by atoms with Crippen LogP contribution in [0.25, 0.3) is 0 Å². The molecular formula is C8H4N2O3. The van der Waals surface area contributed by atoms with Crippen molar-refractivity contribution in [3.05, 3.63) is 33.9 Å². The molecule has 1 aliphatic heterocycles. The molecule has 5 nitrogen and oxygen atoms in total. The van der Waals surface area contributed by atoms with Crippen molar-refractivity contribution in [1.29, 1.82) is 5.26 Å². The Kier molecular flexibility index (Phi) is 1.43. The van der Waals surface area contributed by atoms with Crippen LogP contribution >= 0.6 is 0 Å². The number of nitro benzene ring substituents is 1. The number of rotatable bonds is 1. The van der Waals surface area contributed by atoms with E-state index in [1.807, 2.05) is 6.07 Å². The maximum Gasteiger partial charge on any atom is 0.281 e. The average Bonchev–Trinajstić information content (AvgIpc) is 2.06. The van der Waals surface area contributed by atoms with Gasteiger partial charge in [-0.1, -0.05) is 6.07 Å². The first-order valence-electron chi connectivity index (χ1n) is 3.57. The molecule has 0 bridgehead atoms. The molecule has 0 saturated heterocycles. The topological polar surface area (TPSA) is 76.2 Å². The number of ether oxygens (including phenoxy) is 1. The van der Waals surface area contributed by atoms with Crippen LogP contribution in [0, 0.1) is 21.4 Å². The van der Waals surface area contributed by atoms with Crippen molar-refractivity contribution >= 4 is 5.69 Å². The van der Waals surface area contributed by atoms with Gasteiger partial charge in [-0.05, 0) is 6.07 Å². The van der Waals surface area contributed by atoms with Gasteiger partial charge in [0.25, 0.3) is 5.69 Å². The van der Waals surface area contributed by atoms with Crippen LogP contribution in [0.2, 0.25) is 0 Å². The van der Waals surface area contributed by atoms with Crippen molar-refractivity contribution in [2.75, 3.05) is 0 Å². The van der Waals surface area contributed by atoms with Crippen LogP contribution in [0.3, 0.4) is 0 Å². The van der Waals surface area contributed by atoms with E-state index in [4.69, 9.17) is 10.00 Å². The van der Waals surface area contributed by atoms with Gasteiger partial charge in [0, 0.05) is 6.07 Å². The van der Waals surface area contributed by atoms with E-state index in [9.17, 15) is 10.1 Å². The van der Waals surface area contributed by atoms with Crippen LogP contribution in [0.5, 0.6) is 5.75 Å². The molecule has 1 aromatic rings. The van der Waals surface area contributed by atoms with E-state index < -0.39 is 11.0 Å². The second-order valence-electron chi connectivity index (χ2n) is 2.57. The first kappa shape index (κ1) is 7.55. The highest BCUT2D eigenvalue weighted by molar-refractivity contribution is 5.57. The van der Waals surface area contributed by atoms with Gasteiger partial charge in [-0.3, -0.25) is 10.1 Å². The first-order valence-corrected chi connectivity index (χ1v) is 3.57. The average molecular weight is 176 g/mol. The Labute approximate surface area is 73.3 Å². The minimum atomic E-state index is -0.781. The zero-order valence-corrected chi connectivity index (χ0v) is 6.43. The zero-order chi connectivity index (χ0) is 9.42. The van der Waals surface area contributed by atoms with Crippen molar-refractivity contribution in [1.82, 2.24) is 0 Å². The summed E-state index contributed by atoms with van der Waals surface area (Å²) in [5, 5.41) is 19.1. The normalized spacial score (nSPS) is 17.6. The summed E-state index contributed by atoms with van der Waals surface area (Å²) >= 11 is 0. The fraction of sp³-hybridized carbons (Fsp3) is 0.125. The molecule has 0 radical (unpaired) electrons. The second-order valence-corrected chi connectivity index (χ2v) is 2.57. The van der Waals surface area contributed by atoms with Crippen LogP contribution < -0.4 is 4.74 Å². The number of nitriles is 1. The van der Waals surface area contributed by atoms with Crippen LogP contribution in [-0.2, 0) is 0 Å². The number of hydrogen-bond donors (Lipinski definition) is 0. The summed E-state index contributed by atoms with van der Waals surface area (Å²) in [5.41, 5.74) is 0.338. The Morgan fingerprint density at radius 1 is 1.62 bits per heavy atom. The van der Waals surface area contributed by atoms with Crippen molar-refractivity contribution in [3.8, 4) is 11.8 Å². The van der Waals surface area contributed by atoms with Crippen LogP contribution in [0.4, 0.5) is 5.69 Å². The van der Waals surface area contributed by atoms with Crippen LogP contribution in [-0.4, -0.2) is 4.92 Å².